The number of hydroxylamine groups is 1. The molecule has 9 heteroatoms. The molecule has 0 spiro atoms. The molecule has 1 unspecified atom stereocenters. The molecule has 3 aromatic carbocycles. The molecule has 0 saturated heterocycles. The molecule has 0 aromatic heterocycles. The molecule has 4 N–H and O–H groups in total. The van der Waals surface area contributed by atoms with E-state index in [0.29, 0.717) is 12.2 Å². The zero-order valence-electron chi connectivity index (χ0n) is 20.2. The third-order valence-electron chi connectivity index (χ3n) is 5.57. The highest BCUT2D eigenvalue weighted by molar-refractivity contribution is 6.08. The Balaban J connectivity index is 1.54. The maximum absolute atomic E-state index is 12.8. The van der Waals surface area contributed by atoms with Gasteiger partial charge in [-0.05, 0) is 53.9 Å². The molecule has 0 fully saturated rings. The zero-order valence-corrected chi connectivity index (χ0v) is 20.2. The minimum absolute atomic E-state index is 0.296. The van der Waals surface area contributed by atoms with E-state index in [-0.39, 0.29) is 0 Å². The molecule has 36 heavy (non-hydrogen) atoms. The number of carbonyl (C=O) groups excluding carboxylic acids is 3. The largest absolute Gasteiger partial charge is 0.494 e. The van der Waals surface area contributed by atoms with Crippen molar-refractivity contribution in [2.45, 2.75) is 12.5 Å². The number of amides is 3. The van der Waals surface area contributed by atoms with Gasteiger partial charge in [0.05, 0.1) is 6.61 Å². The highest BCUT2D eigenvalue weighted by Crippen LogP contribution is 2.23. The summed E-state index contributed by atoms with van der Waals surface area (Å²) in [7, 11) is 2.66. The number of ether oxygens (including phenoxy) is 1. The second kappa shape index (κ2) is 12.9. The van der Waals surface area contributed by atoms with E-state index in [1.807, 2.05) is 54.6 Å². The Labute approximate surface area is 210 Å². The summed E-state index contributed by atoms with van der Waals surface area (Å²) in [6.45, 7) is 1.41. The highest BCUT2D eigenvalue weighted by atomic mass is 16.5. The Morgan fingerprint density at radius 3 is 2.08 bits per heavy atom. The fraction of sp³-hybridized carbons (Fsp3) is 0.222. The van der Waals surface area contributed by atoms with E-state index in [4.69, 9.17) is 9.94 Å². The number of benzene rings is 3. The number of anilines is 1. The van der Waals surface area contributed by atoms with Crippen LogP contribution in [0, 0.1) is 0 Å². The molecule has 9 nitrogen and oxygen atoms in total. The van der Waals surface area contributed by atoms with Gasteiger partial charge in [-0.25, -0.2) is 5.48 Å². The average Bonchev–Trinajstić information content (AvgIpc) is 2.93. The van der Waals surface area contributed by atoms with Crippen molar-refractivity contribution in [1.82, 2.24) is 15.7 Å². The molecule has 188 valence electrons. The predicted molar refractivity (Wildman–Crippen MR) is 137 cm³/mol. The second-order valence-electron chi connectivity index (χ2n) is 8.01. The van der Waals surface area contributed by atoms with Crippen LogP contribution in [0.4, 0.5) is 5.69 Å². The minimum atomic E-state index is -1.51. The highest BCUT2D eigenvalue weighted by Gasteiger charge is 2.33. The minimum Gasteiger partial charge on any atom is -0.494 e. The van der Waals surface area contributed by atoms with Gasteiger partial charge in [0, 0.05) is 31.9 Å². The molecular formula is C27H30N4O5. The van der Waals surface area contributed by atoms with Crippen molar-refractivity contribution < 1.29 is 24.3 Å². The molecule has 0 aliphatic rings. The van der Waals surface area contributed by atoms with E-state index >= 15 is 0 Å². The summed E-state index contributed by atoms with van der Waals surface area (Å²) in [4.78, 5) is 37.7. The molecule has 3 aromatic rings. The van der Waals surface area contributed by atoms with Crippen molar-refractivity contribution in [1.29, 1.82) is 0 Å². The normalized spacial score (nSPS) is 11.2. The first-order valence-corrected chi connectivity index (χ1v) is 11.5. The van der Waals surface area contributed by atoms with E-state index in [9.17, 15) is 14.4 Å². The number of likely N-dealkylation sites (N-methyl/N-ethyl adjacent to an activating group) is 2. The third kappa shape index (κ3) is 6.83. The summed E-state index contributed by atoms with van der Waals surface area (Å²) >= 11 is 0. The Morgan fingerprint density at radius 2 is 1.50 bits per heavy atom. The monoisotopic (exact) mass is 490 g/mol. The van der Waals surface area contributed by atoms with Crippen molar-refractivity contribution in [2.24, 2.45) is 0 Å². The van der Waals surface area contributed by atoms with Crippen LogP contribution in [0.5, 0.6) is 5.75 Å². The molecule has 3 rings (SSSR count). The molecule has 0 heterocycles. The van der Waals surface area contributed by atoms with Gasteiger partial charge in [0.2, 0.25) is 0 Å². The smallest absolute Gasteiger partial charge is 0.275 e. The van der Waals surface area contributed by atoms with Gasteiger partial charge in [-0.1, -0.05) is 42.5 Å². The lowest BCUT2D eigenvalue weighted by Gasteiger charge is -2.25. The quantitative estimate of drug-likeness (QED) is 0.142. The van der Waals surface area contributed by atoms with E-state index in [1.165, 1.54) is 19.6 Å². The Hall–Kier alpha value is -4.37. The van der Waals surface area contributed by atoms with Crippen molar-refractivity contribution in [3.05, 3.63) is 84.4 Å². The van der Waals surface area contributed by atoms with Gasteiger partial charge < -0.3 is 20.3 Å². The first kappa shape index (κ1) is 26.2. The number of hydrogen-bond acceptors (Lipinski definition) is 6. The third-order valence-corrected chi connectivity index (χ3v) is 5.57. The van der Waals surface area contributed by atoms with Crippen LogP contribution >= 0.6 is 0 Å². The van der Waals surface area contributed by atoms with Gasteiger partial charge in [-0.15, -0.1) is 0 Å². The number of rotatable bonds is 11. The molecule has 0 aliphatic heterocycles. The lowest BCUT2D eigenvalue weighted by atomic mass is 10.0. The number of para-hydroxylation sites is 1. The molecule has 3 amide bonds. The van der Waals surface area contributed by atoms with Gasteiger partial charge in [-0.3, -0.25) is 19.6 Å². The van der Waals surface area contributed by atoms with Crippen LogP contribution in [0.1, 0.15) is 16.8 Å². The summed E-state index contributed by atoms with van der Waals surface area (Å²) in [6.07, 6.45) is 0.862. The molecular weight excluding hydrogens is 460 g/mol. The van der Waals surface area contributed by atoms with Gasteiger partial charge in [0.15, 0.2) is 6.04 Å². The van der Waals surface area contributed by atoms with Crippen LogP contribution in [-0.4, -0.2) is 61.1 Å². The van der Waals surface area contributed by atoms with Crippen LogP contribution < -0.4 is 20.9 Å². The lowest BCUT2D eigenvalue weighted by Crippen LogP contribution is -2.54. The summed E-state index contributed by atoms with van der Waals surface area (Å²) in [5, 5.41) is 14.6. The number of hydrogen-bond donors (Lipinski definition) is 4. The van der Waals surface area contributed by atoms with Crippen LogP contribution in [-0.2, 0) is 9.59 Å². The number of nitrogens with one attached hydrogen (secondary N) is 3. The first-order chi connectivity index (χ1) is 17.4. The van der Waals surface area contributed by atoms with E-state index in [0.717, 1.165) is 40.4 Å². The molecule has 0 bridgehead atoms. The van der Waals surface area contributed by atoms with Crippen molar-refractivity contribution in [3.63, 3.8) is 0 Å². The maximum Gasteiger partial charge on any atom is 0.275 e. The van der Waals surface area contributed by atoms with Crippen LogP contribution in [0.15, 0.2) is 78.9 Å². The summed E-state index contributed by atoms with van der Waals surface area (Å²) in [6, 6.07) is 23.0. The van der Waals surface area contributed by atoms with Gasteiger partial charge in [0.1, 0.15) is 5.75 Å². The van der Waals surface area contributed by atoms with Gasteiger partial charge >= 0.3 is 0 Å². The van der Waals surface area contributed by atoms with Crippen molar-refractivity contribution in [3.8, 4) is 16.9 Å². The molecule has 1 atom stereocenters. The molecule has 0 radical (unpaired) electrons. The summed E-state index contributed by atoms with van der Waals surface area (Å²) < 4.78 is 5.82. The zero-order chi connectivity index (χ0) is 25.9. The number of nitrogens with zero attached hydrogens (tertiary/aromatic N) is 1. The predicted octanol–water partition coefficient (Wildman–Crippen LogP) is 2.93. The second-order valence-corrected chi connectivity index (χ2v) is 8.01. The fourth-order valence-electron chi connectivity index (χ4n) is 3.59. The summed E-state index contributed by atoms with van der Waals surface area (Å²) in [5.41, 5.74) is 4.64. The van der Waals surface area contributed by atoms with Crippen LogP contribution in [0.2, 0.25) is 0 Å². The standard InChI is InChI=1S/C27H30N4O5/c1-28-25(32)24(26(33)30-35)31(2)27(34)21-11-9-19(10-12-21)20-13-15-23(16-14-20)36-18-6-17-29-22-7-4-3-5-8-22/h3-5,7-16,24,29,35H,6,17-18H2,1-2H3,(H,28,32)(H,30,33). The van der Waals surface area contributed by atoms with E-state index in [1.54, 1.807) is 24.3 Å². The van der Waals surface area contributed by atoms with Gasteiger partial charge in [-0.2, -0.15) is 0 Å². The van der Waals surface area contributed by atoms with E-state index < -0.39 is 23.8 Å². The van der Waals surface area contributed by atoms with E-state index in [2.05, 4.69) is 10.6 Å². The Morgan fingerprint density at radius 1 is 0.889 bits per heavy atom. The van der Waals surface area contributed by atoms with Crippen LogP contribution in [0.3, 0.4) is 0 Å². The van der Waals surface area contributed by atoms with Crippen molar-refractivity contribution in [2.75, 3.05) is 32.6 Å². The average molecular weight is 491 g/mol. The number of carbonyl (C=O) groups is 3. The molecule has 0 aliphatic carbocycles. The van der Waals surface area contributed by atoms with Crippen LogP contribution in [0.25, 0.3) is 11.1 Å². The first-order valence-electron chi connectivity index (χ1n) is 11.5. The van der Waals surface area contributed by atoms with Crippen molar-refractivity contribution >= 4 is 23.4 Å². The summed E-state index contributed by atoms with van der Waals surface area (Å²) in [5.74, 6) is -1.49. The lowest BCUT2D eigenvalue weighted by molar-refractivity contribution is -0.140. The maximum atomic E-state index is 12.8. The topological polar surface area (TPSA) is 120 Å². The fourth-order valence-corrected chi connectivity index (χ4v) is 3.59. The molecule has 0 saturated carbocycles. The van der Waals surface area contributed by atoms with Gasteiger partial charge in [0.25, 0.3) is 17.7 Å². The SMILES string of the molecule is CNC(=O)C(C(=O)NO)N(C)C(=O)c1ccc(-c2ccc(OCCCNc3ccccc3)cc2)cc1. The Kier molecular flexibility index (Phi) is 9.41. The Bertz CT molecular complexity index is 1140.